The van der Waals surface area contributed by atoms with E-state index >= 15 is 0 Å². The van der Waals surface area contributed by atoms with E-state index in [1.165, 1.54) is 17.5 Å². The summed E-state index contributed by atoms with van der Waals surface area (Å²) in [6.07, 6.45) is 4.16. The van der Waals surface area contributed by atoms with Gasteiger partial charge in [-0.1, -0.05) is 20.8 Å². The highest BCUT2D eigenvalue weighted by atomic mass is 16.1. The van der Waals surface area contributed by atoms with Gasteiger partial charge < -0.3 is 10.6 Å². The van der Waals surface area contributed by atoms with Crippen molar-refractivity contribution in [3.63, 3.8) is 0 Å². The lowest BCUT2D eigenvalue weighted by Gasteiger charge is -2.27. The van der Waals surface area contributed by atoms with Gasteiger partial charge >= 0.3 is 0 Å². The maximum Gasteiger partial charge on any atom is 0.268 e. The van der Waals surface area contributed by atoms with Crippen LogP contribution in [0.3, 0.4) is 0 Å². The molecule has 5 nitrogen and oxygen atoms in total. The quantitative estimate of drug-likeness (QED) is 0.891. The van der Waals surface area contributed by atoms with Gasteiger partial charge in [0, 0.05) is 25.2 Å². The largest absolute Gasteiger partial charge is 0.370 e. The van der Waals surface area contributed by atoms with Gasteiger partial charge in [0.15, 0.2) is 0 Å². The molecule has 106 valence electrons. The Morgan fingerprint density at radius 3 is 2.53 bits per heavy atom. The first kappa shape index (κ1) is 14.1. The molecule has 1 fully saturated rings. The lowest BCUT2D eigenvalue weighted by atomic mass is 9.87. The van der Waals surface area contributed by atoms with Crippen molar-refractivity contribution in [1.82, 2.24) is 9.78 Å². The van der Waals surface area contributed by atoms with Crippen molar-refractivity contribution in [2.24, 2.45) is 11.1 Å². The lowest BCUT2D eigenvalue weighted by Crippen LogP contribution is -2.42. The molecule has 1 unspecified atom stereocenters. The minimum absolute atomic E-state index is 0.0330. The van der Waals surface area contributed by atoms with Crippen molar-refractivity contribution in [2.45, 2.75) is 46.2 Å². The van der Waals surface area contributed by atoms with Crippen LogP contribution < -0.4 is 16.2 Å². The molecule has 2 heterocycles. The molecule has 1 aromatic rings. The third-order valence-corrected chi connectivity index (χ3v) is 3.81. The molecule has 19 heavy (non-hydrogen) atoms. The Labute approximate surface area is 114 Å². The molecule has 1 atom stereocenters. The zero-order chi connectivity index (χ0) is 14.0. The predicted molar refractivity (Wildman–Crippen MR) is 77.4 cm³/mol. The average Bonchev–Trinajstić information content (AvgIpc) is 2.84. The standard InChI is InChI=1S/C14H24N4O/c1-14(2,3)12(15)10-18-13(19)8-11(9-16-18)17-6-4-5-7-17/h8-9,12H,4-7,10,15H2,1-3H3. The second kappa shape index (κ2) is 5.33. The number of nitrogens with zero attached hydrogens (tertiary/aromatic N) is 3. The van der Waals surface area contributed by atoms with Crippen LogP contribution in [0.2, 0.25) is 0 Å². The van der Waals surface area contributed by atoms with Gasteiger partial charge in [-0.3, -0.25) is 4.79 Å². The van der Waals surface area contributed by atoms with E-state index in [0.29, 0.717) is 6.54 Å². The zero-order valence-electron chi connectivity index (χ0n) is 12.1. The molecule has 5 heteroatoms. The first-order valence-corrected chi connectivity index (χ1v) is 6.95. The normalized spacial score (nSPS) is 17.8. The van der Waals surface area contributed by atoms with Gasteiger partial charge in [0.2, 0.25) is 0 Å². The van der Waals surface area contributed by atoms with E-state index < -0.39 is 0 Å². The fourth-order valence-electron chi connectivity index (χ4n) is 2.17. The van der Waals surface area contributed by atoms with Crippen LogP contribution in [0.4, 0.5) is 5.69 Å². The highest BCUT2D eigenvalue weighted by Crippen LogP contribution is 2.19. The van der Waals surface area contributed by atoms with E-state index in [9.17, 15) is 4.79 Å². The number of hydrogen-bond donors (Lipinski definition) is 1. The SMILES string of the molecule is CC(C)(C)C(N)Cn1ncc(N2CCCC2)cc1=O. The van der Waals surface area contributed by atoms with Gasteiger partial charge in [-0.25, -0.2) is 4.68 Å². The fourth-order valence-corrected chi connectivity index (χ4v) is 2.17. The van der Waals surface area contributed by atoms with E-state index in [4.69, 9.17) is 5.73 Å². The molecule has 2 rings (SSSR count). The average molecular weight is 264 g/mol. The summed E-state index contributed by atoms with van der Waals surface area (Å²) in [5.74, 6) is 0. The van der Waals surface area contributed by atoms with Crippen LogP contribution in [0.15, 0.2) is 17.1 Å². The highest BCUT2D eigenvalue weighted by molar-refractivity contribution is 5.43. The summed E-state index contributed by atoms with van der Waals surface area (Å²) in [5.41, 5.74) is 6.94. The third-order valence-electron chi connectivity index (χ3n) is 3.81. The van der Waals surface area contributed by atoms with Crippen LogP contribution in [-0.2, 0) is 6.54 Å². The Bertz CT molecular complexity index is 483. The first-order valence-electron chi connectivity index (χ1n) is 6.95. The van der Waals surface area contributed by atoms with Gasteiger partial charge in [-0.05, 0) is 18.3 Å². The van der Waals surface area contributed by atoms with Crippen molar-refractivity contribution < 1.29 is 0 Å². The molecule has 0 saturated carbocycles. The zero-order valence-corrected chi connectivity index (χ0v) is 12.1. The van der Waals surface area contributed by atoms with Crippen LogP contribution in [0, 0.1) is 5.41 Å². The predicted octanol–water partition coefficient (Wildman–Crippen LogP) is 1.22. The van der Waals surface area contributed by atoms with E-state index in [-0.39, 0.29) is 17.0 Å². The first-order chi connectivity index (χ1) is 8.88. The lowest BCUT2D eigenvalue weighted by molar-refractivity contribution is 0.279. The number of nitrogens with two attached hydrogens (primary N) is 1. The van der Waals surface area contributed by atoms with Crippen molar-refractivity contribution in [1.29, 1.82) is 0 Å². The number of rotatable bonds is 3. The molecule has 1 saturated heterocycles. The second-order valence-corrected chi connectivity index (χ2v) is 6.40. The van der Waals surface area contributed by atoms with Crippen LogP contribution in [0.1, 0.15) is 33.6 Å². The number of anilines is 1. The Morgan fingerprint density at radius 2 is 2.00 bits per heavy atom. The maximum absolute atomic E-state index is 12.1. The highest BCUT2D eigenvalue weighted by Gasteiger charge is 2.22. The summed E-state index contributed by atoms with van der Waals surface area (Å²) in [7, 11) is 0. The van der Waals surface area contributed by atoms with E-state index in [1.807, 2.05) is 0 Å². The molecule has 0 bridgehead atoms. The van der Waals surface area contributed by atoms with E-state index in [0.717, 1.165) is 18.8 Å². The van der Waals surface area contributed by atoms with Gasteiger partial charge in [-0.2, -0.15) is 5.10 Å². The monoisotopic (exact) mass is 264 g/mol. The molecule has 0 radical (unpaired) electrons. The minimum Gasteiger partial charge on any atom is -0.370 e. The van der Waals surface area contributed by atoms with Crippen LogP contribution in [0.25, 0.3) is 0 Å². The van der Waals surface area contributed by atoms with Gasteiger partial charge in [0.1, 0.15) is 0 Å². The number of aromatic nitrogens is 2. The Kier molecular flexibility index (Phi) is 3.94. The summed E-state index contributed by atoms with van der Waals surface area (Å²) in [6.45, 7) is 8.71. The fraction of sp³-hybridized carbons (Fsp3) is 0.714. The van der Waals surface area contributed by atoms with Crippen molar-refractivity contribution in [3.8, 4) is 0 Å². The van der Waals surface area contributed by atoms with Gasteiger partial charge in [0.25, 0.3) is 5.56 Å². The van der Waals surface area contributed by atoms with E-state index in [2.05, 4.69) is 30.8 Å². The number of hydrogen-bond acceptors (Lipinski definition) is 4. The molecular weight excluding hydrogens is 240 g/mol. The van der Waals surface area contributed by atoms with E-state index in [1.54, 1.807) is 12.3 Å². The molecule has 0 aliphatic carbocycles. The van der Waals surface area contributed by atoms with Crippen molar-refractivity contribution >= 4 is 5.69 Å². The van der Waals surface area contributed by atoms with Gasteiger partial charge in [0.05, 0.1) is 18.4 Å². The molecule has 1 aliphatic rings. The molecule has 1 aliphatic heterocycles. The van der Waals surface area contributed by atoms with Gasteiger partial charge in [-0.15, -0.1) is 0 Å². The van der Waals surface area contributed by atoms with Crippen molar-refractivity contribution in [3.05, 3.63) is 22.6 Å². The van der Waals surface area contributed by atoms with Crippen molar-refractivity contribution in [2.75, 3.05) is 18.0 Å². The summed E-state index contributed by atoms with van der Waals surface area (Å²) in [5, 5.41) is 4.26. The molecule has 0 aromatic carbocycles. The molecule has 2 N–H and O–H groups in total. The maximum atomic E-state index is 12.1. The Balaban J connectivity index is 2.13. The summed E-state index contributed by atoms with van der Waals surface area (Å²) in [4.78, 5) is 14.3. The molecular formula is C14H24N4O. The third kappa shape index (κ3) is 3.35. The summed E-state index contributed by atoms with van der Waals surface area (Å²) < 4.78 is 1.47. The van der Waals surface area contributed by atoms with Crippen LogP contribution in [0.5, 0.6) is 0 Å². The minimum atomic E-state index is -0.0877. The topological polar surface area (TPSA) is 64.2 Å². The molecule has 0 spiro atoms. The second-order valence-electron chi connectivity index (χ2n) is 6.40. The van der Waals surface area contributed by atoms with Crippen LogP contribution >= 0.6 is 0 Å². The Morgan fingerprint density at radius 1 is 1.37 bits per heavy atom. The smallest absolute Gasteiger partial charge is 0.268 e. The molecule has 0 amide bonds. The van der Waals surface area contributed by atoms with Crippen LogP contribution in [-0.4, -0.2) is 28.9 Å². The Hall–Kier alpha value is -1.36. The molecule has 1 aromatic heterocycles. The summed E-state index contributed by atoms with van der Waals surface area (Å²) >= 11 is 0. The summed E-state index contributed by atoms with van der Waals surface area (Å²) in [6, 6.07) is 1.59.